The Labute approximate surface area is 193 Å². The molecule has 1 unspecified atom stereocenters. The number of phenols is 1. The first-order valence-electron chi connectivity index (χ1n) is 9.85. The van der Waals surface area contributed by atoms with Gasteiger partial charge in [-0.15, -0.1) is 0 Å². The lowest BCUT2D eigenvalue weighted by molar-refractivity contribution is 0.226. The van der Waals surface area contributed by atoms with E-state index in [-0.39, 0.29) is 6.10 Å². The maximum absolute atomic E-state index is 9.74. The number of halogens is 1. The number of hydrogen-bond acceptors (Lipinski definition) is 2. The van der Waals surface area contributed by atoms with Gasteiger partial charge < -0.3 is 9.84 Å². The van der Waals surface area contributed by atoms with E-state index in [1.54, 1.807) is 6.07 Å². The van der Waals surface area contributed by atoms with Crippen molar-refractivity contribution in [2.45, 2.75) is 27.7 Å². The largest absolute Gasteiger partial charge is 0.507 e. The molecule has 0 saturated heterocycles. The predicted molar refractivity (Wildman–Crippen MR) is 132 cm³/mol. The van der Waals surface area contributed by atoms with Gasteiger partial charge in [-0.2, -0.15) is 10.9 Å². The van der Waals surface area contributed by atoms with E-state index in [9.17, 15) is 5.11 Å². The van der Waals surface area contributed by atoms with Crippen LogP contribution in [0.5, 0.6) is 11.5 Å². The smallest absolute Gasteiger partial charge is 0.128 e. The number of thiol groups is 1. The Morgan fingerprint density at radius 2 is 1.40 bits per heavy atom. The molecule has 4 aromatic rings. The quantitative estimate of drug-likeness (QED) is 0.187. The number of ether oxygens (including phenoxy) is 1. The second-order valence-electron chi connectivity index (χ2n) is 7.33. The fourth-order valence-electron chi connectivity index (χ4n) is 3.92. The second-order valence-corrected chi connectivity index (χ2v) is 10.6. The molecule has 0 spiro atoms. The average molecular weight is 524 g/mol. The summed E-state index contributed by atoms with van der Waals surface area (Å²) in [6.45, 7) is 2.03. The molecular formula is C26H21IO2S. The summed E-state index contributed by atoms with van der Waals surface area (Å²) >= 11 is 2.14. The summed E-state index contributed by atoms with van der Waals surface area (Å²) in [5.74, 6) is 1.15. The molecule has 0 radical (unpaired) electrons. The van der Waals surface area contributed by atoms with Crippen LogP contribution in [0.3, 0.4) is 0 Å². The van der Waals surface area contributed by atoms with E-state index >= 15 is 0 Å². The highest BCUT2D eigenvalue weighted by molar-refractivity contribution is 14.1. The van der Waals surface area contributed by atoms with Gasteiger partial charge in [-0.1, -0.05) is 42.5 Å². The van der Waals surface area contributed by atoms with Crippen LogP contribution in [0.15, 0.2) is 106 Å². The molecule has 0 aliphatic carbocycles. The third kappa shape index (κ3) is 3.48. The summed E-state index contributed by atoms with van der Waals surface area (Å²) in [6, 6.07) is 31.6. The van der Waals surface area contributed by atoms with Crippen LogP contribution >= 0.6 is 33.5 Å². The van der Waals surface area contributed by atoms with Crippen LogP contribution in [0.25, 0.3) is 11.1 Å². The summed E-state index contributed by atoms with van der Waals surface area (Å²) in [7, 11) is -0.541. The van der Waals surface area contributed by atoms with Crippen molar-refractivity contribution in [3.05, 3.63) is 100 Å². The Morgan fingerprint density at radius 1 is 0.800 bits per heavy atom. The SMILES string of the molecule is CC(Oc1ccc([SH]2c3ccccc3-c3ccccc32)cc1)c1ccc(O)c(I)c1. The molecule has 0 aromatic heterocycles. The zero-order chi connectivity index (χ0) is 20.7. The summed E-state index contributed by atoms with van der Waals surface area (Å²) in [5.41, 5.74) is 3.76. The van der Waals surface area contributed by atoms with E-state index in [1.165, 1.54) is 25.8 Å². The Balaban J connectivity index is 1.42. The second kappa shape index (κ2) is 8.00. The lowest BCUT2D eigenvalue weighted by atomic mass is 10.1. The molecule has 1 aliphatic heterocycles. The van der Waals surface area contributed by atoms with Crippen molar-refractivity contribution in [1.82, 2.24) is 0 Å². The molecule has 0 fully saturated rings. The molecular weight excluding hydrogens is 503 g/mol. The van der Waals surface area contributed by atoms with Crippen molar-refractivity contribution in [3.63, 3.8) is 0 Å². The third-order valence-corrected chi connectivity index (χ3v) is 8.85. The standard InChI is InChI=1S/C26H21IO2S/c1-17(18-10-15-24(28)23(27)16-18)29-19-11-13-20(14-12-19)30-25-8-4-2-6-21(25)22-7-3-5-9-26(22)30/h2-17,28,30H,1H3. The van der Waals surface area contributed by atoms with Crippen molar-refractivity contribution < 1.29 is 9.84 Å². The molecule has 1 N–H and O–H groups in total. The molecule has 0 saturated carbocycles. The highest BCUT2D eigenvalue weighted by Crippen LogP contribution is 2.62. The number of hydrogen-bond donors (Lipinski definition) is 2. The van der Waals surface area contributed by atoms with Crippen molar-refractivity contribution in [2.24, 2.45) is 0 Å². The van der Waals surface area contributed by atoms with E-state index in [4.69, 9.17) is 4.74 Å². The molecule has 1 atom stereocenters. The summed E-state index contributed by atoms with van der Waals surface area (Å²) < 4.78 is 7.00. The molecule has 1 aliphatic rings. The number of phenolic OH excluding ortho intramolecular Hbond substituents is 1. The maximum Gasteiger partial charge on any atom is 0.128 e. The molecule has 5 rings (SSSR count). The number of benzene rings is 4. The van der Waals surface area contributed by atoms with Crippen molar-refractivity contribution in [2.75, 3.05) is 0 Å². The van der Waals surface area contributed by atoms with Gasteiger partial charge in [0.15, 0.2) is 0 Å². The first-order chi connectivity index (χ1) is 14.6. The van der Waals surface area contributed by atoms with Gasteiger partial charge in [-0.25, -0.2) is 0 Å². The van der Waals surface area contributed by atoms with Crippen molar-refractivity contribution in [1.29, 1.82) is 0 Å². The van der Waals surface area contributed by atoms with E-state index < -0.39 is 10.9 Å². The van der Waals surface area contributed by atoms with Crippen LogP contribution in [-0.4, -0.2) is 5.11 Å². The van der Waals surface area contributed by atoms with Gasteiger partial charge in [0, 0.05) is 9.79 Å². The van der Waals surface area contributed by atoms with Gasteiger partial charge >= 0.3 is 0 Å². The molecule has 30 heavy (non-hydrogen) atoms. The first kappa shape index (κ1) is 19.5. The van der Waals surface area contributed by atoms with E-state index in [1.807, 2.05) is 19.1 Å². The van der Waals surface area contributed by atoms with Gasteiger partial charge in [0.25, 0.3) is 0 Å². The maximum atomic E-state index is 9.74. The molecule has 2 nitrogen and oxygen atoms in total. The Morgan fingerprint density at radius 3 is 2.00 bits per heavy atom. The average Bonchev–Trinajstić information content (AvgIpc) is 3.11. The number of fused-ring (bicyclic) bond motifs is 3. The molecule has 1 heterocycles. The topological polar surface area (TPSA) is 29.5 Å². The minimum atomic E-state index is -0.541. The fraction of sp³-hybridized carbons (Fsp3) is 0.0769. The molecule has 150 valence electrons. The Kier molecular flexibility index (Phi) is 5.21. The van der Waals surface area contributed by atoms with Crippen molar-refractivity contribution >= 4 is 33.5 Å². The highest BCUT2D eigenvalue weighted by Gasteiger charge is 2.26. The normalized spacial score (nSPS) is 14.1. The predicted octanol–water partition coefficient (Wildman–Crippen LogP) is 7.60. The van der Waals surface area contributed by atoms with Gasteiger partial charge in [0.05, 0.1) is 3.57 Å². The van der Waals surface area contributed by atoms with Gasteiger partial charge in [-0.05, 0) is 99.6 Å². The third-order valence-electron chi connectivity index (χ3n) is 5.43. The van der Waals surface area contributed by atoms with Gasteiger partial charge in [0.2, 0.25) is 0 Å². The van der Waals surface area contributed by atoms with Gasteiger partial charge in [-0.3, -0.25) is 0 Å². The lowest BCUT2D eigenvalue weighted by Crippen LogP contribution is -2.03. The van der Waals surface area contributed by atoms with E-state index in [0.717, 1.165) is 14.9 Å². The minimum Gasteiger partial charge on any atom is -0.507 e. The first-order valence-corrected chi connectivity index (χ1v) is 12.3. The van der Waals surface area contributed by atoms with Crippen LogP contribution in [0, 0.1) is 3.57 Å². The molecule has 0 amide bonds. The lowest BCUT2D eigenvalue weighted by Gasteiger charge is -2.20. The van der Waals surface area contributed by atoms with Crippen LogP contribution in [0.4, 0.5) is 0 Å². The van der Waals surface area contributed by atoms with E-state index in [2.05, 4.69) is 95.4 Å². The monoisotopic (exact) mass is 524 g/mol. The molecule has 4 heteroatoms. The van der Waals surface area contributed by atoms with Crippen molar-refractivity contribution in [3.8, 4) is 22.6 Å². The zero-order valence-corrected chi connectivity index (χ0v) is 19.5. The zero-order valence-electron chi connectivity index (χ0n) is 16.4. The molecule has 0 bridgehead atoms. The number of rotatable bonds is 4. The van der Waals surface area contributed by atoms with Crippen LogP contribution < -0.4 is 4.74 Å². The summed E-state index contributed by atoms with van der Waals surface area (Å²) in [4.78, 5) is 4.19. The van der Waals surface area contributed by atoms with Crippen LogP contribution in [0.2, 0.25) is 0 Å². The van der Waals surface area contributed by atoms with Crippen LogP contribution in [-0.2, 0) is 0 Å². The van der Waals surface area contributed by atoms with E-state index in [0.29, 0.717) is 5.75 Å². The Bertz CT molecular complexity index is 1170. The fourth-order valence-corrected chi connectivity index (χ4v) is 7.07. The Hall–Kier alpha value is -2.44. The highest BCUT2D eigenvalue weighted by atomic mass is 127. The minimum absolute atomic E-state index is 0.0939. The van der Waals surface area contributed by atoms with Gasteiger partial charge in [0.1, 0.15) is 17.6 Å². The summed E-state index contributed by atoms with van der Waals surface area (Å²) in [5, 5.41) is 9.74. The molecule has 4 aromatic carbocycles. The van der Waals surface area contributed by atoms with Crippen LogP contribution in [0.1, 0.15) is 18.6 Å². The number of aromatic hydroxyl groups is 1. The summed E-state index contributed by atoms with van der Waals surface area (Å²) in [6.07, 6.45) is -0.0939.